The van der Waals surface area contributed by atoms with Gasteiger partial charge < -0.3 is 10.6 Å². The third-order valence-electron chi connectivity index (χ3n) is 4.13. The van der Waals surface area contributed by atoms with Crippen molar-refractivity contribution in [3.8, 4) is 11.3 Å². The van der Waals surface area contributed by atoms with E-state index in [0.717, 1.165) is 30.6 Å². The Morgan fingerprint density at radius 1 is 1.32 bits per heavy atom. The van der Waals surface area contributed by atoms with Gasteiger partial charge in [-0.25, -0.2) is 0 Å². The molecule has 1 saturated heterocycles. The quantitative estimate of drug-likeness (QED) is 0.814. The smallest absolute Gasteiger partial charge is 0.269 e. The van der Waals surface area contributed by atoms with Crippen molar-refractivity contribution in [1.29, 1.82) is 0 Å². The van der Waals surface area contributed by atoms with Gasteiger partial charge in [-0.15, -0.1) is 0 Å². The van der Waals surface area contributed by atoms with E-state index in [1.807, 2.05) is 37.3 Å². The van der Waals surface area contributed by atoms with Gasteiger partial charge in [0.1, 0.15) is 5.69 Å². The van der Waals surface area contributed by atoms with Crippen molar-refractivity contribution in [1.82, 2.24) is 20.8 Å². The van der Waals surface area contributed by atoms with Gasteiger partial charge in [0.25, 0.3) is 5.91 Å². The number of aromatic amines is 1. The fraction of sp³-hybridized carbons (Fsp3) is 0.412. The van der Waals surface area contributed by atoms with Crippen LogP contribution in [0.15, 0.2) is 30.3 Å². The number of aromatic nitrogens is 2. The van der Waals surface area contributed by atoms with Crippen molar-refractivity contribution in [2.45, 2.75) is 38.8 Å². The van der Waals surface area contributed by atoms with E-state index in [0.29, 0.717) is 11.7 Å². The molecule has 5 heteroatoms. The van der Waals surface area contributed by atoms with Gasteiger partial charge in [-0.2, -0.15) is 5.10 Å². The molecule has 1 amide bonds. The molecule has 0 radical (unpaired) electrons. The van der Waals surface area contributed by atoms with Crippen molar-refractivity contribution in [3.05, 3.63) is 41.6 Å². The number of nitrogens with one attached hydrogen (secondary N) is 3. The molecule has 1 aliphatic rings. The molecule has 0 aliphatic carbocycles. The first-order valence-corrected chi connectivity index (χ1v) is 7.78. The van der Waals surface area contributed by atoms with Gasteiger partial charge in [0.15, 0.2) is 0 Å². The summed E-state index contributed by atoms with van der Waals surface area (Å²) >= 11 is 0. The molecule has 1 fully saturated rings. The second-order valence-electron chi connectivity index (χ2n) is 6.08. The van der Waals surface area contributed by atoms with Crippen molar-refractivity contribution in [3.63, 3.8) is 0 Å². The lowest BCUT2D eigenvalue weighted by Crippen LogP contribution is -2.46. The zero-order chi connectivity index (χ0) is 15.5. The number of aryl methyl sites for hydroxylation is 1. The van der Waals surface area contributed by atoms with Gasteiger partial charge in [0, 0.05) is 17.6 Å². The molecule has 2 unspecified atom stereocenters. The zero-order valence-electron chi connectivity index (χ0n) is 13.0. The maximum absolute atomic E-state index is 12.3. The van der Waals surface area contributed by atoms with Crippen LogP contribution in [0.5, 0.6) is 0 Å². The van der Waals surface area contributed by atoms with Crippen LogP contribution >= 0.6 is 0 Å². The van der Waals surface area contributed by atoms with Gasteiger partial charge in [-0.1, -0.05) is 29.8 Å². The molecular weight excluding hydrogens is 276 g/mol. The number of rotatable bonds is 3. The molecule has 22 heavy (non-hydrogen) atoms. The van der Waals surface area contributed by atoms with Crippen molar-refractivity contribution in [2.75, 3.05) is 6.54 Å². The Labute approximate surface area is 130 Å². The molecule has 0 saturated carbocycles. The first kappa shape index (κ1) is 14.8. The Kier molecular flexibility index (Phi) is 4.24. The summed E-state index contributed by atoms with van der Waals surface area (Å²) in [5, 5.41) is 13.6. The molecule has 1 aromatic heterocycles. The Morgan fingerprint density at radius 3 is 2.82 bits per heavy atom. The summed E-state index contributed by atoms with van der Waals surface area (Å²) in [6.07, 6.45) is 1.93. The second-order valence-corrected chi connectivity index (χ2v) is 6.08. The van der Waals surface area contributed by atoms with Crippen LogP contribution in [-0.4, -0.2) is 34.7 Å². The molecule has 5 nitrogen and oxygen atoms in total. The van der Waals surface area contributed by atoms with Crippen LogP contribution in [-0.2, 0) is 0 Å². The summed E-state index contributed by atoms with van der Waals surface area (Å²) in [4.78, 5) is 12.3. The van der Waals surface area contributed by atoms with Crippen LogP contribution in [0, 0.1) is 6.92 Å². The van der Waals surface area contributed by atoms with Crippen LogP contribution in [0.3, 0.4) is 0 Å². The molecule has 3 rings (SSSR count). The normalized spacial score (nSPS) is 21.5. The fourth-order valence-electron chi connectivity index (χ4n) is 2.84. The van der Waals surface area contributed by atoms with Crippen LogP contribution in [0.4, 0.5) is 0 Å². The highest BCUT2D eigenvalue weighted by Crippen LogP contribution is 2.18. The molecule has 1 aliphatic heterocycles. The molecule has 2 atom stereocenters. The Bertz CT molecular complexity index is 647. The average molecular weight is 298 g/mol. The number of carbonyl (C=O) groups excluding carboxylic acids is 1. The second kappa shape index (κ2) is 6.32. The minimum Gasteiger partial charge on any atom is -0.348 e. The van der Waals surface area contributed by atoms with Crippen LogP contribution in [0.1, 0.15) is 35.8 Å². The minimum atomic E-state index is -0.0787. The summed E-state index contributed by atoms with van der Waals surface area (Å²) in [6, 6.07) is 10.6. The van der Waals surface area contributed by atoms with Crippen LogP contribution in [0.2, 0.25) is 0 Å². The van der Waals surface area contributed by atoms with E-state index in [-0.39, 0.29) is 11.9 Å². The monoisotopic (exact) mass is 298 g/mol. The van der Waals surface area contributed by atoms with E-state index < -0.39 is 0 Å². The lowest BCUT2D eigenvalue weighted by Gasteiger charge is -2.28. The van der Waals surface area contributed by atoms with Gasteiger partial charge >= 0.3 is 0 Å². The summed E-state index contributed by atoms with van der Waals surface area (Å²) < 4.78 is 0. The lowest BCUT2D eigenvalue weighted by atomic mass is 10.0. The van der Waals surface area contributed by atoms with Gasteiger partial charge in [-0.3, -0.25) is 9.89 Å². The molecule has 1 aromatic carbocycles. The molecular formula is C17H22N4O. The lowest BCUT2D eigenvalue weighted by molar-refractivity contribution is 0.0920. The molecule has 116 valence electrons. The maximum Gasteiger partial charge on any atom is 0.269 e. The van der Waals surface area contributed by atoms with E-state index in [9.17, 15) is 4.79 Å². The number of piperidine rings is 1. The van der Waals surface area contributed by atoms with E-state index >= 15 is 0 Å². The third kappa shape index (κ3) is 3.36. The SMILES string of the molecule is Cc1ccc(-c2cc(C(=O)NC3CCNC(C)C3)[nH]n2)cc1. The number of hydrogen-bond donors (Lipinski definition) is 3. The number of hydrogen-bond acceptors (Lipinski definition) is 3. The van der Waals surface area contributed by atoms with E-state index in [4.69, 9.17) is 0 Å². The summed E-state index contributed by atoms with van der Waals surface area (Å²) in [5.41, 5.74) is 3.53. The molecule has 2 aromatic rings. The van der Waals surface area contributed by atoms with Crippen LogP contribution in [0.25, 0.3) is 11.3 Å². The predicted octanol–water partition coefficient (Wildman–Crippen LogP) is 2.26. The summed E-state index contributed by atoms with van der Waals surface area (Å²) in [5.74, 6) is -0.0787. The number of benzene rings is 1. The Balaban J connectivity index is 1.67. The molecule has 3 N–H and O–H groups in total. The first-order chi connectivity index (χ1) is 10.6. The van der Waals surface area contributed by atoms with Crippen molar-refractivity contribution in [2.24, 2.45) is 0 Å². The highest BCUT2D eigenvalue weighted by atomic mass is 16.2. The largest absolute Gasteiger partial charge is 0.348 e. The highest BCUT2D eigenvalue weighted by Gasteiger charge is 2.21. The van der Waals surface area contributed by atoms with Gasteiger partial charge in [-0.05, 0) is 39.3 Å². The number of nitrogens with zero attached hydrogens (tertiary/aromatic N) is 1. The number of H-pyrrole nitrogens is 1. The highest BCUT2D eigenvalue weighted by molar-refractivity contribution is 5.93. The van der Waals surface area contributed by atoms with E-state index in [2.05, 4.69) is 27.8 Å². The van der Waals surface area contributed by atoms with Crippen LogP contribution < -0.4 is 10.6 Å². The van der Waals surface area contributed by atoms with Gasteiger partial charge in [0.05, 0.1) is 5.69 Å². The molecule has 0 spiro atoms. The third-order valence-corrected chi connectivity index (χ3v) is 4.13. The Morgan fingerprint density at radius 2 is 2.09 bits per heavy atom. The minimum absolute atomic E-state index is 0.0787. The number of amides is 1. The molecule has 2 heterocycles. The van der Waals surface area contributed by atoms with E-state index in [1.54, 1.807) is 0 Å². The maximum atomic E-state index is 12.3. The zero-order valence-corrected chi connectivity index (χ0v) is 13.0. The van der Waals surface area contributed by atoms with Gasteiger partial charge in [0.2, 0.25) is 0 Å². The summed E-state index contributed by atoms with van der Waals surface area (Å²) in [6.45, 7) is 5.14. The number of carbonyl (C=O) groups is 1. The van der Waals surface area contributed by atoms with Crippen molar-refractivity contribution >= 4 is 5.91 Å². The predicted molar refractivity (Wildman–Crippen MR) is 86.7 cm³/mol. The fourth-order valence-corrected chi connectivity index (χ4v) is 2.84. The summed E-state index contributed by atoms with van der Waals surface area (Å²) in [7, 11) is 0. The van der Waals surface area contributed by atoms with Crippen molar-refractivity contribution < 1.29 is 4.79 Å². The molecule has 0 bridgehead atoms. The van der Waals surface area contributed by atoms with E-state index in [1.165, 1.54) is 5.56 Å². The topological polar surface area (TPSA) is 69.8 Å². The Hall–Kier alpha value is -2.14. The first-order valence-electron chi connectivity index (χ1n) is 7.78. The average Bonchev–Trinajstić information content (AvgIpc) is 2.98. The standard InChI is InChI=1S/C17H22N4O/c1-11-3-5-13(6-4-11)15-10-16(21-20-15)17(22)19-14-7-8-18-12(2)9-14/h3-6,10,12,14,18H,7-9H2,1-2H3,(H,19,22)(H,20,21).